The molecule has 2 rings (SSSR count). The number of carboxylic acids is 1. The van der Waals surface area contributed by atoms with Crippen molar-refractivity contribution in [3.05, 3.63) is 23.8 Å². The largest absolute Gasteiger partial charge is 0.493 e. The SMILES string of the molecule is COc1ccc(C(CC(=O)O)NC(=O)CCCC2CCCC2)cc1OC. The number of hydrogen-bond acceptors (Lipinski definition) is 4. The maximum atomic E-state index is 12.3. The Morgan fingerprint density at radius 1 is 1.19 bits per heavy atom. The molecule has 0 heterocycles. The van der Waals surface area contributed by atoms with Crippen molar-refractivity contribution in [3.63, 3.8) is 0 Å². The molecule has 0 bridgehead atoms. The molecule has 0 aromatic heterocycles. The summed E-state index contributed by atoms with van der Waals surface area (Å²) in [7, 11) is 3.06. The van der Waals surface area contributed by atoms with Gasteiger partial charge in [-0.05, 0) is 36.5 Å². The highest BCUT2D eigenvalue weighted by atomic mass is 16.5. The van der Waals surface area contributed by atoms with Gasteiger partial charge in [-0.1, -0.05) is 31.7 Å². The predicted molar refractivity (Wildman–Crippen MR) is 98.5 cm³/mol. The van der Waals surface area contributed by atoms with Crippen LogP contribution in [-0.4, -0.2) is 31.2 Å². The second-order valence-electron chi connectivity index (χ2n) is 6.88. The van der Waals surface area contributed by atoms with Crippen molar-refractivity contribution in [2.45, 2.75) is 57.4 Å². The summed E-state index contributed by atoms with van der Waals surface area (Å²) in [6.07, 6.45) is 7.33. The van der Waals surface area contributed by atoms with Crippen LogP contribution in [0.1, 0.15) is 63.0 Å². The number of nitrogens with one attached hydrogen (secondary N) is 1. The normalized spacial score (nSPS) is 15.5. The van der Waals surface area contributed by atoms with Gasteiger partial charge in [-0.15, -0.1) is 0 Å². The molecular weight excluding hydrogens is 334 g/mol. The molecule has 6 heteroatoms. The number of aliphatic carboxylic acids is 1. The van der Waals surface area contributed by atoms with Crippen LogP contribution < -0.4 is 14.8 Å². The second kappa shape index (κ2) is 10.0. The third-order valence-corrected chi connectivity index (χ3v) is 5.01. The van der Waals surface area contributed by atoms with Crippen LogP contribution in [0.3, 0.4) is 0 Å². The highest BCUT2D eigenvalue weighted by Gasteiger charge is 2.20. The average molecular weight is 363 g/mol. The number of benzene rings is 1. The van der Waals surface area contributed by atoms with Crippen molar-refractivity contribution in [1.29, 1.82) is 0 Å². The fraction of sp³-hybridized carbons (Fsp3) is 0.600. The Labute approximate surface area is 154 Å². The van der Waals surface area contributed by atoms with Gasteiger partial charge >= 0.3 is 5.97 Å². The third-order valence-electron chi connectivity index (χ3n) is 5.01. The molecule has 1 amide bonds. The number of ether oxygens (including phenoxy) is 2. The van der Waals surface area contributed by atoms with Gasteiger partial charge in [0.2, 0.25) is 5.91 Å². The van der Waals surface area contributed by atoms with Crippen molar-refractivity contribution in [2.24, 2.45) is 5.92 Å². The molecule has 1 aliphatic rings. The monoisotopic (exact) mass is 363 g/mol. The first-order chi connectivity index (χ1) is 12.5. The summed E-state index contributed by atoms with van der Waals surface area (Å²) in [6, 6.07) is 4.60. The third kappa shape index (κ3) is 5.93. The smallest absolute Gasteiger partial charge is 0.305 e. The van der Waals surface area contributed by atoms with Crippen LogP contribution in [0.15, 0.2) is 18.2 Å². The van der Waals surface area contributed by atoms with E-state index in [1.807, 2.05) is 0 Å². The van der Waals surface area contributed by atoms with Crippen LogP contribution in [0.25, 0.3) is 0 Å². The van der Waals surface area contributed by atoms with E-state index >= 15 is 0 Å². The maximum absolute atomic E-state index is 12.3. The molecule has 144 valence electrons. The van der Waals surface area contributed by atoms with Gasteiger partial charge in [0.05, 0.1) is 26.7 Å². The van der Waals surface area contributed by atoms with Crippen molar-refractivity contribution >= 4 is 11.9 Å². The van der Waals surface area contributed by atoms with E-state index in [9.17, 15) is 14.7 Å². The maximum Gasteiger partial charge on any atom is 0.305 e. The minimum absolute atomic E-state index is 0.107. The van der Waals surface area contributed by atoms with E-state index in [4.69, 9.17) is 9.47 Å². The molecule has 1 atom stereocenters. The minimum Gasteiger partial charge on any atom is -0.493 e. The van der Waals surface area contributed by atoms with Crippen LogP contribution in [0.5, 0.6) is 11.5 Å². The van der Waals surface area contributed by atoms with Crippen LogP contribution in [0, 0.1) is 5.92 Å². The Kier molecular flexibility index (Phi) is 7.75. The Bertz CT molecular complexity index is 610. The van der Waals surface area contributed by atoms with E-state index in [1.165, 1.54) is 32.8 Å². The highest BCUT2D eigenvalue weighted by molar-refractivity contribution is 5.77. The molecule has 0 radical (unpaired) electrons. The van der Waals surface area contributed by atoms with Crippen molar-refractivity contribution in [3.8, 4) is 11.5 Å². The quantitative estimate of drug-likeness (QED) is 0.662. The van der Waals surface area contributed by atoms with E-state index in [0.29, 0.717) is 23.5 Å². The Balaban J connectivity index is 1.97. The molecule has 1 saturated carbocycles. The van der Waals surface area contributed by atoms with Crippen LogP contribution in [0.4, 0.5) is 0 Å². The fourth-order valence-corrected chi connectivity index (χ4v) is 3.61. The number of rotatable bonds is 10. The first-order valence-electron chi connectivity index (χ1n) is 9.26. The van der Waals surface area contributed by atoms with Crippen LogP contribution >= 0.6 is 0 Å². The van der Waals surface area contributed by atoms with E-state index in [-0.39, 0.29) is 12.3 Å². The predicted octanol–water partition coefficient (Wildman–Crippen LogP) is 3.70. The summed E-state index contributed by atoms with van der Waals surface area (Å²) >= 11 is 0. The van der Waals surface area contributed by atoms with E-state index in [2.05, 4.69) is 5.32 Å². The average Bonchev–Trinajstić information content (AvgIpc) is 3.13. The number of hydrogen-bond donors (Lipinski definition) is 2. The number of carbonyl (C=O) groups excluding carboxylic acids is 1. The van der Waals surface area contributed by atoms with Gasteiger partial charge in [-0.2, -0.15) is 0 Å². The fourth-order valence-electron chi connectivity index (χ4n) is 3.61. The summed E-state index contributed by atoms with van der Waals surface area (Å²) < 4.78 is 10.5. The molecule has 0 saturated heterocycles. The Morgan fingerprint density at radius 2 is 1.88 bits per heavy atom. The summed E-state index contributed by atoms with van der Waals surface area (Å²) in [5.74, 6) is 0.757. The molecule has 1 aliphatic carbocycles. The van der Waals surface area contributed by atoms with E-state index in [1.54, 1.807) is 25.3 Å². The Hall–Kier alpha value is -2.24. The number of amides is 1. The van der Waals surface area contributed by atoms with Crippen molar-refractivity contribution in [1.82, 2.24) is 5.32 Å². The lowest BCUT2D eigenvalue weighted by atomic mass is 9.99. The molecule has 6 nitrogen and oxygen atoms in total. The molecule has 0 spiro atoms. The van der Waals surface area contributed by atoms with Gasteiger partial charge in [0.25, 0.3) is 0 Å². The van der Waals surface area contributed by atoms with Gasteiger partial charge in [-0.3, -0.25) is 9.59 Å². The second-order valence-corrected chi connectivity index (χ2v) is 6.88. The van der Waals surface area contributed by atoms with Gasteiger partial charge < -0.3 is 19.9 Å². The van der Waals surface area contributed by atoms with Crippen LogP contribution in [0.2, 0.25) is 0 Å². The molecule has 0 aliphatic heterocycles. The zero-order chi connectivity index (χ0) is 18.9. The summed E-state index contributed by atoms with van der Waals surface area (Å²) in [5, 5.41) is 12.1. The summed E-state index contributed by atoms with van der Waals surface area (Å²) in [6.45, 7) is 0. The molecule has 1 fully saturated rings. The standard InChI is InChI=1S/C20H29NO5/c1-25-17-11-10-15(12-18(17)26-2)16(13-20(23)24)21-19(22)9-5-8-14-6-3-4-7-14/h10-12,14,16H,3-9,13H2,1-2H3,(H,21,22)(H,23,24). The highest BCUT2D eigenvalue weighted by Crippen LogP contribution is 2.31. The minimum atomic E-state index is -0.962. The Morgan fingerprint density at radius 3 is 2.50 bits per heavy atom. The molecule has 26 heavy (non-hydrogen) atoms. The zero-order valence-corrected chi connectivity index (χ0v) is 15.6. The van der Waals surface area contributed by atoms with Crippen molar-refractivity contribution < 1.29 is 24.2 Å². The van der Waals surface area contributed by atoms with E-state index < -0.39 is 12.0 Å². The summed E-state index contributed by atoms with van der Waals surface area (Å²) in [4.78, 5) is 23.5. The summed E-state index contributed by atoms with van der Waals surface area (Å²) in [5.41, 5.74) is 0.689. The van der Waals surface area contributed by atoms with Gasteiger partial charge in [0, 0.05) is 6.42 Å². The molecule has 1 aromatic carbocycles. The van der Waals surface area contributed by atoms with Gasteiger partial charge in [-0.25, -0.2) is 0 Å². The number of methoxy groups -OCH3 is 2. The molecular formula is C20H29NO5. The lowest BCUT2D eigenvalue weighted by molar-refractivity contribution is -0.137. The lowest BCUT2D eigenvalue weighted by Gasteiger charge is -2.19. The molecule has 2 N–H and O–H groups in total. The molecule has 1 unspecified atom stereocenters. The molecule has 1 aromatic rings. The van der Waals surface area contributed by atoms with Crippen LogP contribution in [-0.2, 0) is 9.59 Å². The van der Waals surface area contributed by atoms with Gasteiger partial charge in [0.15, 0.2) is 11.5 Å². The first-order valence-corrected chi connectivity index (χ1v) is 9.26. The number of carbonyl (C=O) groups is 2. The number of carboxylic acid groups (broad SMARTS) is 1. The lowest BCUT2D eigenvalue weighted by Crippen LogP contribution is -2.30. The first kappa shape index (κ1) is 20.1. The van der Waals surface area contributed by atoms with E-state index in [0.717, 1.165) is 18.8 Å². The topological polar surface area (TPSA) is 84.9 Å². The van der Waals surface area contributed by atoms with Crippen molar-refractivity contribution in [2.75, 3.05) is 14.2 Å². The van der Waals surface area contributed by atoms with Gasteiger partial charge in [0.1, 0.15) is 0 Å². The zero-order valence-electron chi connectivity index (χ0n) is 15.6.